The zero-order valence-electron chi connectivity index (χ0n) is 15.0. The van der Waals surface area contributed by atoms with Crippen LogP contribution in [0.3, 0.4) is 0 Å². The summed E-state index contributed by atoms with van der Waals surface area (Å²) < 4.78 is 1.05. The van der Waals surface area contributed by atoms with Gasteiger partial charge in [0, 0.05) is 5.52 Å². The maximum absolute atomic E-state index is 12.3. The number of amides is 1. The highest BCUT2D eigenvalue weighted by molar-refractivity contribution is 7.22. The van der Waals surface area contributed by atoms with E-state index in [1.807, 2.05) is 48.5 Å². The van der Waals surface area contributed by atoms with E-state index in [1.165, 1.54) is 17.6 Å². The maximum atomic E-state index is 12.3. The summed E-state index contributed by atoms with van der Waals surface area (Å²) in [7, 11) is 0. The van der Waals surface area contributed by atoms with Crippen LogP contribution < -0.4 is 16.3 Å². The van der Waals surface area contributed by atoms with Crippen molar-refractivity contribution in [1.82, 2.24) is 15.4 Å². The van der Waals surface area contributed by atoms with Crippen molar-refractivity contribution >= 4 is 49.7 Å². The first-order valence-electron chi connectivity index (χ1n) is 8.67. The van der Waals surface area contributed by atoms with Crippen molar-refractivity contribution in [2.75, 3.05) is 5.32 Å². The molecule has 0 aliphatic carbocycles. The summed E-state index contributed by atoms with van der Waals surface area (Å²) in [6.07, 6.45) is 1.34. The number of hydrazone groups is 1. The normalized spacial score (nSPS) is 12.5. The summed E-state index contributed by atoms with van der Waals surface area (Å²) in [5, 5.41) is 8.54. The zero-order valence-corrected chi connectivity index (χ0v) is 15.8. The second-order valence-corrected chi connectivity index (χ2v) is 7.26. The fraction of sp³-hybridized carbons (Fsp3) is 0.100. The molecule has 28 heavy (non-hydrogen) atoms. The van der Waals surface area contributed by atoms with Crippen LogP contribution >= 0.6 is 11.3 Å². The number of anilines is 1. The van der Waals surface area contributed by atoms with Crippen LogP contribution in [0.1, 0.15) is 12.5 Å². The van der Waals surface area contributed by atoms with Crippen LogP contribution in [0, 0.1) is 0 Å². The van der Waals surface area contributed by atoms with Gasteiger partial charge < -0.3 is 10.3 Å². The van der Waals surface area contributed by atoms with E-state index in [2.05, 4.69) is 25.8 Å². The highest BCUT2D eigenvalue weighted by Crippen LogP contribution is 2.25. The largest absolute Gasteiger partial charge is 0.350 e. The molecule has 0 aliphatic rings. The number of fused-ring (bicyclic) bond motifs is 2. The number of aromatic amines is 1. The van der Waals surface area contributed by atoms with E-state index < -0.39 is 6.04 Å². The number of rotatable bonds is 5. The Morgan fingerprint density at radius 2 is 2.00 bits per heavy atom. The van der Waals surface area contributed by atoms with Crippen molar-refractivity contribution in [2.45, 2.75) is 13.0 Å². The number of carbonyl (C=O) groups excluding carboxylic acids is 1. The van der Waals surface area contributed by atoms with E-state index in [4.69, 9.17) is 0 Å². The van der Waals surface area contributed by atoms with Crippen molar-refractivity contribution in [1.29, 1.82) is 0 Å². The third kappa shape index (κ3) is 3.77. The summed E-state index contributed by atoms with van der Waals surface area (Å²) in [4.78, 5) is 31.6. The third-order valence-corrected chi connectivity index (χ3v) is 5.16. The number of aromatic nitrogens is 2. The monoisotopic (exact) mass is 391 g/mol. The van der Waals surface area contributed by atoms with Gasteiger partial charge in [0.05, 0.1) is 22.0 Å². The minimum Gasteiger partial charge on any atom is -0.350 e. The Kier molecular flexibility index (Phi) is 4.86. The molecule has 0 saturated heterocycles. The summed E-state index contributed by atoms with van der Waals surface area (Å²) in [6, 6.07) is 16.4. The zero-order chi connectivity index (χ0) is 19.5. The number of thiazole rings is 1. The van der Waals surface area contributed by atoms with E-state index >= 15 is 0 Å². The molecule has 0 aliphatic heterocycles. The molecule has 2 aromatic heterocycles. The Morgan fingerprint density at radius 3 is 2.86 bits per heavy atom. The molecule has 2 aromatic carbocycles. The first-order valence-corrected chi connectivity index (χ1v) is 9.49. The van der Waals surface area contributed by atoms with Gasteiger partial charge in [-0.15, -0.1) is 0 Å². The quantitative estimate of drug-likeness (QED) is 0.360. The first-order chi connectivity index (χ1) is 13.6. The predicted molar refractivity (Wildman–Crippen MR) is 113 cm³/mol. The van der Waals surface area contributed by atoms with Gasteiger partial charge in [0.15, 0.2) is 5.13 Å². The lowest BCUT2D eigenvalue weighted by Crippen LogP contribution is -2.35. The van der Waals surface area contributed by atoms with Gasteiger partial charge in [-0.05, 0) is 36.6 Å². The van der Waals surface area contributed by atoms with Crippen molar-refractivity contribution in [3.05, 3.63) is 70.5 Å². The molecule has 8 heteroatoms. The van der Waals surface area contributed by atoms with Crippen LogP contribution in [-0.2, 0) is 4.79 Å². The smallest absolute Gasteiger partial charge is 0.262 e. The molecule has 4 aromatic rings. The van der Waals surface area contributed by atoms with Gasteiger partial charge in [-0.1, -0.05) is 41.7 Å². The number of benzene rings is 2. The van der Waals surface area contributed by atoms with Crippen LogP contribution in [0.4, 0.5) is 5.13 Å². The van der Waals surface area contributed by atoms with Crippen molar-refractivity contribution in [2.24, 2.45) is 5.10 Å². The third-order valence-electron chi connectivity index (χ3n) is 4.19. The lowest BCUT2D eigenvalue weighted by Gasteiger charge is -2.10. The van der Waals surface area contributed by atoms with Crippen LogP contribution in [0.25, 0.3) is 21.1 Å². The number of carbonyl (C=O) groups is 1. The number of hydrogen-bond donors (Lipinski definition) is 3. The highest BCUT2D eigenvalue weighted by atomic mass is 32.1. The van der Waals surface area contributed by atoms with Crippen LogP contribution in [-0.4, -0.2) is 28.1 Å². The van der Waals surface area contributed by atoms with E-state index in [0.29, 0.717) is 10.7 Å². The van der Waals surface area contributed by atoms with Gasteiger partial charge in [0.1, 0.15) is 6.04 Å². The number of hydrogen-bond acceptors (Lipinski definition) is 6. The standard InChI is InChI=1S/C20H17N5O2S/c1-12(22-20-24-16-8-4-5-9-17(16)28-20)18(26)25-21-11-14-10-13-6-2-3-7-15(13)23-19(14)27/h2-12H,1H3,(H,22,24)(H,23,27)(H,25,26)/b21-11+/t12-/m1/s1. The molecule has 0 bridgehead atoms. The van der Waals surface area contributed by atoms with Crippen LogP contribution in [0.15, 0.2) is 64.5 Å². The number of pyridine rings is 1. The van der Waals surface area contributed by atoms with Gasteiger partial charge in [-0.2, -0.15) is 5.10 Å². The molecule has 0 saturated carbocycles. The average molecular weight is 391 g/mol. The number of nitrogens with zero attached hydrogens (tertiary/aromatic N) is 2. The molecule has 0 unspecified atom stereocenters. The van der Waals surface area contributed by atoms with Gasteiger partial charge in [-0.25, -0.2) is 10.4 Å². The fourth-order valence-electron chi connectivity index (χ4n) is 2.71. The number of nitrogens with one attached hydrogen (secondary N) is 3. The molecular weight excluding hydrogens is 374 g/mol. The highest BCUT2D eigenvalue weighted by Gasteiger charge is 2.14. The lowest BCUT2D eigenvalue weighted by molar-refractivity contribution is -0.121. The molecule has 4 rings (SSSR count). The minimum atomic E-state index is -0.535. The average Bonchev–Trinajstić information content (AvgIpc) is 3.10. The minimum absolute atomic E-state index is 0.266. The van der Waals surface area contributed by atoms with E-state index in [1.54, 1.807) is 13.0 Å². The molecule has 7 nitrogen and oxygen atoms in total. The molecular formula is C20H17N5O2S. The Morgan fingerprint density at radius 1 is 1.21 bits per heavy atom. The molecule has 3 N–H and O–H groups in total. The molecule has 1 amide bonds. The second kappa shape index (κ2) is 7.61. The van der Waals surface area contributed by atoms with Crippen molar-refractivity contribution in [3.8, 4) is 0 Å². The van der Waals surface area contributed by atoms with Gasteiger partial charge >= 0.3 is 0 Å². The van der Waals surface area contributed by atoms with Gasteiger partial charge in [-0.3, -0.25) is 9.59 Å². The van der Waals surface area contributed by atoms with Crippen LogP contribution in [0.2, 0.25) is 0 Å². The molecule has 2 heterocycles. The molecule has 0 radical (unpaired) electrons. The lowest BCUT2D eigenvalue weighted by atomic mass is 10.2. The second-order valence-electron chi connectivity index (χ2n) is 6.23. The Bertz CT molecular complexity index is 1210. The number of H-pyrrole nitrogens is 1. The molecule has 1 atom stereocenters. The van der Waals surface area contributed by atoms with E-state index in [-0.39, 0.29) is 11.5 Å². The Balaban J connectivity index is 1.42. The molecule has 0 spiro atoms. The molecule has 0 fully saturated rings. The summed E-state index contributed by atoms with van der Waals surface area (Å²) in [5.41, 5.74) is 4.19. The SMILES string of the molecule is C[C@@H](Nc1nc2ccccc2s1)C(=O)N/N=C/c1cc2ccccc2[nH]c1=O. The number of para-hydroxylation sites is 2. The van der Waals surface area contributed by atoms with Crippen molar-refractivity contribution in [3.63, 3.8) is 0 Å². The van der Waals surface area contributed by atoms with E-state index in [0.717, 1.165) is 21.1 Å². The maximum Gasteiger partial charge on any atom is 0.262 e. The fourth-order valence-corrected chi connectivity index (χ4v) is 3.66. The molecule has 140 valence electrons. The summed E-state index contributed by atoms with van der Waals surface area (Å²) in [6.45, 7) is 1.72. The van der Waals surface area contributed by atoms with Gasteiger partial charge in [0.2, 0.25) is 0 Å². The first kappa shape index (κ1) is 17.9. The van der Waals surface area contributed by atoms with E-state index in [9.17, 15) is 9.59 Å². The Labute approximate surface area is 164 Å². The van der Waals surface area contributed by atoms with Gasteiger partial charge in [0.25, 0.3) is 11.5 Å². The Hall–Kier alpha value is -3.52. The van der Waals surface area contributed by atoms with Crippen LogP contribution in [0.5, 0.6) is 0 Å². The summed E-state index contributed by atoms with van der Waals surface area (Å²) >= 11 is 1.48. The topological polar surface area (TPSA) is 99.2 Å². The van der Waals surface area contributed by atoms with Crippen molar-refractivity contribution < 1.29 is 4.79 Å². The summed E-state index contributed by atoms with van der Waals surface area (Å²) in [5.74, 6) is -0.326. The predicted octanol–water partition coefficient (Wildman–Crippen LogP) is 3.09.